The normalized spacial score (nSPS) is 10.2. The van der Waals surface area contributed by atoms with Gasteiger partial charge in [0, 0.05) is 16.9 Å². The van der Waals surface area contributed by atoms with Gasteiger partial charge in [-0.2, -0.15) is 0 Å². The van der Waals surface area contributed by atoms with Crippen LogP contribution >= 0.6 is 0 Å². The smallest absolute Gasteiger partial charge is 0.414 e. The van der Waals surface area contributed by atoms with Gasteiger partial charge in [-0.25, -0.2) is 4.79 Å². The lowest BCUT2D eigenvalue weighted by Gasteiger charge is -2.22. The third-order valence-electron chi connectivity index (χ3n) is 4.34. The predicted octanol–water partition coefficient (Wildman–Crippen LogP) is 3.88. The SMILES string of the molecule is COC(=O)N(Cc1ccc(C(=O)Nc2ccccc2N)cc1)c1cccc(N)c1. The van der Waals surface area contributed by atoms with Gasteiger partial charge in [-0.3, -0.25) is 9.69 Å². The van der Waals surface area contributed by atoms with E-state index in [1.54, 1.807) is 72.8 Å². The highest BCUT2D eigenvalue weighted by Crippen LogP contribution is 2.22. The van der Waals surface area contributed by atoms with Crippen LogP contribution < -0.4 is 21.7 Å². The van der Waals surface area contributed by atoms with E-state index in [1.165, 1.54) is 12.0 Å². The highest BCUT2D eigenvalue weighted by Gasteiger charge is 2.17. The summed E-state index contributed by atoms with van der Waals surface area (Å²) in [5, 5.41) is 2.78. The average molecular weight is 390 g/mol. The molecule has 148 valence electrons. The summed E-state index contributed by atoms with van der Waals surface area (Å²) in [6.07, 6.45) is -0.503. The number of nitrogens with one attached hydrogen (secondary N) is 1. The average Bonchev–Trinajstić information content (AvgIpc) is 2.73. The molecule has 0 fully saturated rings. The summed E-state index contributed by atoms with van der Waals surface area (Å²) in [5.74, 6) is -0.268. The number of ether oxygens (including phenoxy) is 1. The van der Waals surface area contributed by atoms with E-state index in [1.807, 2.05) is 0 Å². The Bertz CT molecular complexity index is 1020. The van der Waals surface area contributed by atoms with Crippen LogP contribution in [0.5, 0.6) is 0 Å². The lowest BCUT2D eigenvalue weighted by atomic mass is 10.1. The van der Waals surface area contributed by atoms with E-state index in [9.17, 15) is 9.59 Å². The Morgan fingerprint density at radius 2 is 1.69 bits per heavy atom. The Morgan fingerprint density at radius 1 is 0.966 bits per heavy atom. The molecule has 0 aliphatic rings. The number of benzene rings is 3. The van der Waals surface area contributed by atoms with Gasteiger partial charge in [-0.05, 0) is 48.0 Å². The molecule has 0 atom stereocenters. The summed E-state index contributed by atoms with van der Waals surface area (Å²) in [7, 11) is 1.32. The number of amides is 2. The van der Waals surface area contributed by atoms with E-state index in [4.69, 9.17) is 16.2 Å². The number of carbonyl (C=O) groups excluding carboxylic acids is 2. The molecule has 3 rings (SSSR count). The van der Waals surface area contributed by atoms with E-state index >= 15 is 0 Å². The summed E-state index contributed by atoms with van der Waals surface area (Å²) in [5.41, 5.74) is 15.2. The number of para-hydroxylation sites is 2. The van der Waals surface area contributed by atoms with Crippen molar-refractivity contribution in [3.05, 3.63) is 83.9 Å². The van der Waals surface area contributed by atoms with Gasteiger partial charge in [-0.1, -0.05) is 30.3 Å². The standard InChI is InChI=1S/C22H22N4O3/c1-29-22(28)26(18-6-4-5-17(23)13-18)14-15-9-11-16(12-10-15)21(27)25-20-8-3-2-7-19(20)24/h2-13H,14,23-24H2,1H3,(H,25,27). The van der Waals surface area contributed by atoms with Gasteiger partial charge >= 0.3 is 6.09 Å². The molecule has 0 radical (unpaired) electrons. The molecule has 0 aliphatic heterocycles. The Labute approximate surface area is 168 Å². The lowest BCUT2D eigenvalue weighted by molar-refractivity contribution is 0.102. The molecule has 0 saturated heterocycles. The van der Waals surface area contributed by atoms with Crippen molar-refractivity contribution in [3.63, 3.8) is 0 Å². The van der Waals surface area contributed by atoms with Gasteiger partial charge in [0.2, 0.25) is 0 Å². The minimum atomic E-state index is -0.503. The molecule has 0 aromatic heterocycles. The van der Waals surface area contributed by atoms with Crippen LogP contribution in [0.2, 0.25) is 0 Å². The molecule has 0 spiro atoms. The summed E-state index contributed by atoms with van der Waals surface area (Å²) < 4.78 is 4.89. The number of rotatable bonds is 5. The summed E-state index contributed by atoms with van der Waals surface area (Å²) in [6.45, 7) is 0.268. The second-order valence-electron chi connectivity index (χ2n) is 6.39. The summed E-state index contributed by atoms with van der Waals surface area (Å²) in [6, 6.07) is 21.0. The van der Waals surface area contributed by atoms with Crippen molar-refractivity contribution < 1.29 is 14.3 Å². The summed E-state index contributed by atoms with van der Waals surface area (Å²) >= 11 is 0. The van der Waals surface area contributed by atoms with Gasteiger partial charge in [0.15, 0.2) is 0 Å². The van der Waals surface area contributed by atoms with Crippen LogP contribution in [0.1, 0.15) is 15.9 Å². The number of nitrogen functional groups attached to an aromatic ring is 2. The van der Waals surface area contributed by atoms with Gasteiger partial charge in [-0.15, -0.1) is 0 Å². The third kappa shape index (κ3) is 4.84. The number of nitrogens with zero attached hydrogens (tertiary/aromatic N) is 1. The van der Waals surface area contributed by atoms with Gasteiger partial charge < -0.3 is 21.5 Å². The molecule has 0 bridgehead atoms. The van der Waals surface area contributed by atoms with E-state index in [0.29, 0.717) is 28.3 Å². The zero-order valence-corrected chi connectivity index (χ0v) is 16.0. The van der Waals surface area contributed by atoms with Crippen LogP contribution in [0.15, 0.2) is 72.8 Å². The monoisotopic (exact) mass is 390 g/mol. The number of hydrogen-bond acceptors (Lipinski definition) is 5. The molecule has 5 N–H and O–H groups in total. The molecule has 3 aromatic carbocycles. The topological polar surface area (TPSA) is 111 Å². The maximum Gasteiger partial charge on any atom is 0.414 e. The van der Waals surface area contributed by atoms with E-state index < -0.39 is 6.09 Å². The second kappa shape index (κ2) is 8.79. The minimum Gasteiger partial charge on any atom is -0.452 e. The van der Waals surface area contributed by atoms with E-state index in [-0.39, 0.29) is 12.5 Å². The highest BCUT2D eigenvalue weighted by atomic mass is 16.5. The third-order valence-corrected chi connectivity index (χ3v) is 4.34. The van der Waals surface area contributed by atoms with Crippen molar-refractivity contribution in [3.8, 4) is 0 Å². The Kier molecular flexibility index (Phi) is 5.99. The zero-order valence-electron chi connectivity index (χ0n) is 16.0. The van der Waals surface area contributed by atoms with Crippen molar-refractivity contribution in [2.24, 2.45) is 0 Å². The quantitative estimate of drug-likeness (QED) is 0.573. The molecule has 0 saturated carbocycles. The first-order chi connectivity index (χ1) is 14.0. The molecular weight excluding hydrogens is 368 g/mol. The van der Waals surface area contributed by atoms with Crippen molar-refractivity contribution in [2.45, 2.75) is 6.54 Å². The summed E-state index contributed by atoms with van der Waals surface area (Å²) in [4.78, 5) is 26.1. The molecule has 2 amide bonds. The first-order valence-corrected chi connectivity index (χ1v) is 8.94. The van der Waals surface area contributed by atoms with Crippen molar-refractivity contribution in [1.82, 2.24) is 0 Å². The number of methoxy groups -OCH3 is 1. The van der Waals surface area contributed by atoms with Crippen LogP contribution in [0.4, 0.5) is 27.5 Å². The van der Waals surface area contributed by atoms with Crippen LogP contribution in [0.25, 0.3) is 0 Å². The molecule has 0 unspecified atom stereocenters. The number of nitrogens with two attached hydrogens (primary N) is 2. The fraction of sp³-hybridized carbons (Fsp3) is 0.0909. The van der Waals surface area contributed by atoms with Crippen molar-refractivity contribution in [1.29, 1.82) is 0 Å². The Hall–Kier alpha value is -4.00. The Morgan fingerprint density at radius 3 is 2.34 bits per heavy atom. The number of hydrogen-bond donors (Lipinski definition) is 3. The van der Waals surface area contributed by atoms with Crippen LogP contribution in [-0.4, -0.2) is 19.1 Å². The predicted molar refractivity (Wildman–Crippen MR) is 115 cm³/mol. The zero-order chi connectivity index (χ0) is 20.8. The first kappa shape index (κ1) is 19.8. The molecule has 3 aromatic rings. The molecule has 7 heteroatoms. The fourth-order valence-corrected chi connectivity index (χ4v) is 2.81. The maximum absolute atomic E-state index is 12.4. The van der Waals surface area contributed by atoms with Crippen LogP contribution in [0.3, 0.4) is 0 Å². The number of anilines is 4. The maximum atomic E-state index is 12.4. The van der Waals surface area contributed by atoms with E-state index in [0.717, 1.165) is 5.56 Å². The first-order valence-electron chi connectivity index (χ1n) is 8.94. The highest BCUT2D eigenvalue weighted by molar-refractivity contribution is 6.05. The van der Waals surface area contributed by atoms with Gasteiger partial charge in [0.05, 0.1) is 25.0 Å². The van der Waals surface area contributed by atoms with Gasteiger partial charge in [0.1, 0.15) is 0 Å². The van der Waals surface area contributed by atoms with E-state index in [2.05, 4.69) is 5.32 Å². The largest absolute Gasteiger partial charge is 0.452 e. The molecular formula is C22H22N4O3. The van der Waals surface area contributed by atoms with Crippen LogP contribution in [-0.2, 0) is 11.3 Å². The lowest BCUT2D eigenvalue weighted by Crippen LogP contribution is -2.30. The van der Waals surface area contributed by atoms with Crippen LogP contribution in [0, 0.1) is 0 Å². The molecule has 7 nitrogen and oxygen atoms in total. The molecule has 0 aliphatic carbocycles. The molecule has 29 heavy (non-hydrogen) atoms. The second-order valence-corrected chi connectivity index (χ2v) is 6.39. The minimum absolute atomic E-state index is 0.268. The van der Waals surface area contributed by atoms with Crippen molar-refractivity contribution in [2.75, 3.05) is 28.8 Å². The Balaban J connectivity index is 1.75. The number of carbonyl (C=O) groups is 2. The fourth-order valence-electron chi connectivity index (χ4n) is 2.81. The molecule has 0 heterocycles. The van der Waals surface area contributed by atoms with Crippen molar-refractivity contribution >= 4 is 34.7 Å². The van der Waals surface area contributed by atoms with Gasteiger partial charge in [0.25, 0.3) is 5.91 Å².